The Labute approximate surface area is 133 Å². The van der Waals surface area contributed by atoms with E-state index in [1.54, 1.807) is 6.26 Å². The van der Waals surface area contributed by atoms with Gasteiger partial charge in [0.2, 0.25) is 0 Å². The van der Waals surface area contributed by atoms with Gasteiger partial charge < -0.3 is 14.3 Å². The van der Waals surface area contributed by atoms with Crippen molar-refractivity contribution in [2.45, 2.75) is 82.0 Å². The van der Waals surface area contributed by atoms with Gasteiger partial charge in [0, 0.05) is 24.7 Å². The first-order chi connectivity index (χ1) is 10.7. The van der Waals surface area contributed by atoms with Gasteiger partial charge in [0.15, 0.2) is 5.79 Å². The standard InChI is InChI=1S/C19H28O3/c1-2-14-7-3-4-9-18-10-6-11-19(20,22-18)13-15(17(14)18)16-8-5-12-21-16/h5,8,12,14-15,17,20H,2-4,6-7,9-11,13H2,1H3/t14-,15-,17-,18+,19-/m0/s1. The number of hydrogen-bond donors (Lipinski definition) is 1. The maximum absolute atomic E-state index is 11.0. The molecular weight excluding hydrogens is 276 g/mol. The molecule has 0 unspecified atom stereocenters. The van der Waals surface area contributed by atoms with Crippen molar-refractivity contribution in [1.29, 1.82) is 0 Å². The van der Waals surface area contributed by atoms with E-state index in [0.717, 1.165) is 31.4 Å². The number of rotatable bonds is 2. The molecule has 3 aliphatic rings. The minimum absolute atomic E-state index is 0.125. The molecule has 3 nitrogen and oxygen atoms in total. The van der Waals surface area contributed by atoms with Gasteiger partial charge in [-0.2, -0.15) is 0 Å². The Morgan fingerprint density at radius 1 is 1.23 bits per heavy atom. The second-order valence-electron chi connectivity index (χ2n) is 7.73. The molecule has 2 aliphatic heterocycles. The molecule has 0 amide bonds. The molecule has 1 aliphatic carbocycles. The van der Waals surface area contributed by atoms with Crippen molar-refractivity contribution in [3.8, 4) is 0 Å². The first kappa shape index (κ1) is 14.8. The molecular formula is C19H28O3. The average molecular weight is 304 g/mol. The van der Waals surface area contributed by atoms with Gasteiger partial charge in [-0.15, -0.1) is 0 Å². The molecule has 22 heavy (non-hydrogen) atoms. The zero-order valence-corrected chi connectivity index (χ0v) is 13.6. The van der Waals surface area contributed by atoms with E-state index in [9.17, 15) is 5.11 Å². The first-order valence-corrected chi connectivity index (χ1v) is 9.12. The van der Waals surface area contributed by atoms with E-state index < -0.39 is 5.79 Å². The van der Waals surface area contributed by atoms with Gasteiger partial charge in [0.1, 0.15) is 5.76 Å². The molecule has 0 aromatic carbocycles. The molecule has 2 saturated heterocycles. The van der Waals surface area contributed by atoms with E-state index in [1.165, 1.54) is 25.7 Å². The molecule has 1 N–H and O–H groups in total. The van der Waals surface area contributed by atoms with Crippen LogP contribution in [0.4, 0.5) is 0 Å². The Balaban J connectivity index is 1.79. The summed E-state index contributed by atoms with van der Waals surface area (Å²) in [5.74, 6) is 1.59. The number of hydrogen-bond acceptors (Lipinski definition) is 3. The molecule has 1 saturated carbocycles. The molecule has 2 bridgehead atoms. The van der Waals surface area contributed by atoms with Gasteiger partial charge in [-0.25, -0.2) is 0 Å². The van der Waals surface area contributed by atoms with Crippen LogP contribution in [0.2, 0.25) is 0 Å². The summed E-state index contributed by atoms with van der Waals surface area (Å²) in [6, 6.07) is 4.08. The Hall–Kier alpha value is -0.800. The Bertz CT molecular complexity index is 511. The lowest BCUT2D eigenvalue weighted by atomic mass is 9.60. The van der Waals surface area contributed by atoms with Crippen LogP contribution in [0.5, 0.6) is 0 Å². The topological polar surface area (TPSA) is 42.6 Å². The highest BCUT2D eigenvalue weighted by Crippen LogP contribution is 2.59. The molecule has 1 spiro atoms. The normalized spacial score (nSPS) is 45.1. The van der Waals surface area contributed by atoms with Crippen molar-refractivity contribution >= 4 is 0 Å². The van der Waals surface area contributed by atoms with Crippen LogP contribution in [-0.2, 0) is 4.74 Å². The average Bonchev–Trinajstić information content (AvgIpc) is 2.96. The summed E-state index contributed by atoms with van der Waals surface area (Å²) in [6.45, 7) is 2.31. The maximum Gasteiger partial charge on any atom is 0.166 e. The van der Waals surface area contributed by atoms with E-state index in [-0.39, 0.29) is 5.60 Å². The third kappa shape index (κ3) is 2.25. The van der Waals surface area contributed by atoms with Crippen LogP contribution in [0.3, 0.4) is 0 Å². The van der Waals surface area contributed by atoms with E-state index in [1.807, 2.05) is 6.07 Å². The second kappa shape index (κ2) is 5.38. The fourth-order valence-electron chi connectivity index (χ4n) is 5.71. The summed E-state index contributed by atoms with van der Waals surface area (Å²) in [5.41, 5.74) is -0.125. The summed E-state index contributed by atoms with van der Waals surface area (Å²) < 4.78 is 12.3. The lowest BCUT2D eigenvalue weighted by Gasteiger charge is -2.58. The van der Waals surface area contributed by atoms with E-state index in [4.69, 9.17) is 9.15 Å². The minimum Gasteiger partial charge on any atom is -0.469 e. The van der Waals surface area contributed by atoms with Gasteiger partial charge in [-0.3, -0.25) is 0 Å². The van der Waals surface area contributed by atoms with E-state index in [0.29, 0.717) is 24.2 Å². The first-order valence-electron chi connectivity index (χ1n) is 9.12. The van der Waals surface area contributed by atoms with Crippen molar-refractivity contribution in [2.75, 3.05) is 0 Å². The SMILES string of the molecule is CC[C@H]1CCCC[C@@]23CCC[C@@](O)(C[C@@H](c4ccco4)[C@H]12)O3. The Morgan fingerprint density at radius 2 is 2.09 bits per heavy atom. The third-order valence-electron chi connectivity index (χ3n) is 6.51. The predicted octanol–water partition coefficient (Wildman–Crippen LogP) is 4.61. The van der Waals surface area contributed by atoms with Gasteiger partial charge in [0.05, 0.1) is 11.9 Å². The highest BCUT2D eigenvalue weighted by Gasteiger charge is 2.59. The summed E-state index contributed by atoms with van der Waals surface area (Å²) >= 11 is 0. The van der Waals surface area contributed by atoms with Crippen LogP contribution in [0, 0.1) is 11.8 Å². The molecule has 1 aromatic heterocycles. The van der Waals surface area contributed by atoms with E-state index >= 15 is 0 Å². The van der Waals surface area contributed by atoms with Crippen LogP contribution in [0.1, 0.15) is 76.4 Å². The number of fused-ring (bicyclic) bond motifs is 1. The van der Waals surface area contributed by atoms with Crippen LogP contribution >= 0.6 is 0 Å². The van der Waals surface area contributed by atoms with Crippen molar-refractivity contribution in [2.24, 2.45) is 11.8 Å². The van der Waals surface area contributed by atoms with Crippen LogP contribution < -0.4 is 0 Å². The van der Waals surface area contributed by atoms with Crippen LogP contribution in [0.15, 0.2) is 22.8 Å². The molecule has 1 aromatic rings. The summed E-state index contributed by atoms with van der Waals surface area (Å²) in [6.07, 6.45) is 11.6. The second-order valence-corrected chi connectivity index (χ2v) is 7.73. The van der Waals surface area contributed by atoms with Gasteiger partial charge >= 0.3 is 0 Å². The molecule has 0 radical (unpaired) electrons. The maximum atomic E-state index is 11.0. The lowest BCUT2D eigenvalue weighted by Crippen LogP contribution is -2.60. The van der Waals surface area contributed by atoms with Crippen LogP contribution in [0.25, 0.3) is 0 Å². The highest BCUT2D eigenvalue weighted by molar-refractivity contribution is 5.16. The van der Waals surface area contributed by atoms with Gasteiger partial charge in [-0.05, 0) is 37.3 Å². The number of furan rings is 1. The van der Waals surface area contributed by atoms with Crippen molar-refractivity contribution < 1.29 is 14.3 Å². The fourth-order valence-corrected chi connectivity index (χ4v) is 5.71. The summed E-state index contributed by atoms with van der Waals surface area (Å²) in [7, 11) is 0. The fraction of sp³-hybridized carbons (Fsp3) is 0.789. The highest BCUT2D eigenvalue weighted by atomic mass is 16.6. The zero-order valence-electron chi connectivity index (χ0n) is 13.6. The van der Waals surface area contributed by atoms with Crippen molar-refractivity contribution in [3.05, 3.63) is 24.2 Å². The smallest absolute Gasteiger partial charge is 0.166 e. The predicted molar refractivity (Wildman–Crippen MR) is 84.4 cm³/mol. The molecule has 3 fully saturated rings. The quantitative estimate of drug-likeness (QED) is 0.867. The molecule has 5 atom stereocenters. The van der Waals surface area contributed by atoms with Gasteiger partial charge in [0.25, 0.3) is 0 Å². The number of aliphatic hydroxyl groups is 1. The lowest BCUT2D eigenvalue weighted by molar-refractivity contribution is -0.343. The summed E-state index contributed by atoms with van der Waals surface area (Å²) in [5, 5.41) is 11.0. The Kier molecular flexibility index (Phi) is 3.61. The minimum atomic E-state index is -0.936. The summed E-state index contributed by atoms with van der Waals surface area (Å²) in [4.78, 5) is 0. The Morgan fingerprint density at radius 3 is 2.86 bits per heavy atom. The van der Waals surface area contributed by atoms with Crippen molar-refractivity contribution in [3.63, 3.8) is 0 Å². The largest absolute Gasteiger partial charge is 0.469 e. The van der Waals surface area contributed by atoms with Crippen LogP contribution in [-0.4, -0.2) is 16.5 Å². The zero-order chi connectivity index (χ0) is 15.2. The van der Waals surface area contributed by atoms with Gasteiger partial charge in [-0.1, -0.05) is 32.6 Å². The number of ether oxygens (including phenoxy) is 1. The molecule has 3 heteroatoms. The monoisotopic (exact) mass is 304 g/mol. The van der Waals surface area contributed by atoms with E-state index in [2.05, 4.69) is 13.0 Å². The molecule has 3 heterocycles. The molecule has 122 valence electrons. The third-order valence-corrected chi connectivity index (χ3v) is 6.51. The van der Waals surface area contributed by atoms with Crippen molar-refractivity contribution in [1.82, 2.24) is 0 Å². The molecule has 4 rings (SSSR count).